The highest BCUT2D eigenvalue weighted by molar-refractivity contribution is 5.81. The molecule has 9 nitrogen and oxygen atoms in total. The largest absolute Gasteiger partial charge is 0.493 e. The molecular weight excluding hydrogens is 366 g/mol. The molecule has 9 heteroatoms. The fraction of sp³-hybridized carbons (Fsp3) is 0.526. The molecule has 0 spiro atoms. The number of amides is 1. The Hall–Kier alpha value is -2.65. The van der Waals surface area contributed by atoms with E-state index >= 15 is 0 Å². The normalized spacial score (nSPS) is 13.2. The molecule has 0 saturated heterocycles. The Morgan fingerprint density at radius 2 is 1.93 bits per heavy atom. The molecule has 0 aliphatic rings. The van der Waals surface area contributed by atoms with Crippen LogP contribution in [0.15, 0.2) is 23.3 Å². The Bertz CT molecular complexity index is 878. The van der Waals surface area contributed by atoms with E-state index in [1.165, 1.54) is 32.2 Å². The molecule has 1 unspecified atom stereocenters. The average molecular weight is 393 g/mol. The number of benzene rings is 1. The standard InChI is InChI=1S/C19H27N3O6/c1-19(25,11-26-2)10-20-17(23)6-5-7-22-12-21-14-9-16(28-4)15(27-3)8-13(14)18(22)24/h8-9,12,25H,5-7,10-11H2,1-4H3,(H,20,23). The van der Waals surface area contributed by atoms with Crippen LogP contribution in [0.25, 0.3) is 10.9 Å². The Labute approximate surface area is 163 Å². The third-order valence-electron chi connectivity index (χ3n) is 4.25. The van der Waals surface area contributed by atoms with E-state index < -0.39 is 5.60 Å². The number of fused-ring (bicyclic) bond motifs is 1. The molecule has 28 heavy (non-hydrogen) atoms. The first-order valence-electron chi connectivity index (χ1n) is 8.90. The van der Waals surface area contributed by atoms with Crippen molar-refractivity contribution < 1.29 is 24.1 Å². The summed E-state index contributed by atoms with van der Waals surface area (Å²) in [5, 5.41) is 13.1. The average Bonchev–Trinajstić information content (AvgIpc) is 2.67. The number of carbonyl (C=O) groups excluding carboxylic acids is 1. The molecule has 2 rings (SSSR count). The van der Waals surface area contributed by atoms with Crippen molar-refractivity contribution in [3.63, 3.8) is 0 Å². The SMILES string of the molecule is COCC(C)(O)CNC(=O)CCCn1cnc2cc(OC)c(OC)cc2c1=O. The van der Waals surface area contributed by atoms with Crippen molar-refractivity contribution in [3.8, 4) is 11.5 Å². The number of aryl methyl sites for hydroxylation is 1. The molecule has 0 bridgehead atoms. The van der Waals surface area contributed by atoms with E-state index in [9.17, 15) is 14.7 Å². The zero-order valence-electron chi connectivity index (χ0n) is 16.7. The number of nitrogens with zero attached hydrogens (tertiary/aromatic N) is 2. The number of ether oxygens (including phenoxy) is 3. The fourth-order valence-electron chi connectivity index (χ4n) is 2.79. The quantitative estimate of drug-likeness (QED) is 0.611. The number of aromatic nitrogens is 2. The molecule has 1 aromatic carbocycles. The van der Waals surface area contributed by atoms with Crippen LogP contribution in [0.5, 0.6) is 11.5 Å². The van der Waals surface area contributed by atoms with Gasteiger partial charge in [-0.3, -0.25) is 14.2 Å². The van der Waals surface area contributed by atoms with Crippen molar-refractivity contribution in [2.45, 2.75) is 31.9 Å². The van der Waals surface area contributed by atoms with Crippen LogP contribution in [0, 0.1) is 0 Å². The summed E-state index contributed by atoms with van der Waals surface area (Å²) in [7, 11) is 4.50. The van der Waals surface area contributed by atoms with Gasteiger partial charge in [0.15, 0.2) is 11.5 Å². The molecule has 1 heterocycles. The van der Waals surface area contributed by atoms with E-state index in [4.69, 9.17) is 14.2 Å². The Balaban J connectivity index is 2.00. The van der Waals surface area contributed by atoms with E-state index in [1.807, 2.05) is 0 Å². The lowest BCUT2D eigenvalue weighted by Gasteiger charge is -2.22. The second-order valence-electron chi connectivity index (χ2n) is 6.78. The number of aliphatic hydroxyl groups is 1. The van der Waals surface area contributed by atoms with E-state index in [0.29, 0.717) is 35.4 Å². The molecule has 0 saturated carbocycles. The van der Waals surface area contributed by atoms with Gasteiger partial charge in [0.1, 0.15) is 5.60 Å². The van der Waals surface area contributed by atoms with Gasteiger partial charge in [-0.25, -0.2) is 4.98 Å². The summed E-state index contributed by atoms with van der Waals surface area (Å²) >= 11 is 0. The molecule has 1 aromatic heterocycles. The second kappa shape index (κ2) is 9.52. The van der Waals surface area contributed by atoms with Gasteiger partial charge in [0.25, 0.3) is 5.56 Å². The molecule has 2 aromatic rings. The summed E-state index contributed by atoms with van der Waals surface area (Å²) in [4.78, 5) is 28.9. The van der Waals surface area contributed by atoms with Crippen molar-refractivity contribution in [2.24, 2.45) is 0 Å². The molecule has 0 radical (unpaired) electrons. The van der Waals surface area contributed by atoms with E-state index in [-0.39, 0.29) is 31.0 Å². The molecule has 0 aliphatic heterocycles. The topological polar surface area (TPSA) is 112 Å². The Morgan fingerprint density at radius 1 is 1.25 bits per heavy atom. The van der Waals surface area contributed by atoms with Crippen LogP contribution in [0.3, 0.4) is 0 Å². The van der Waals surface area contributed by atoms with Crippen LogP contribution in [0.1, 0.15) is 19.8 Å². The Morgan fingerprint density at radius 3 is 2.57 bits per heavy atom. The minimum absolute atomic E-state index is 0.0960. The van der Waals surface area contributed by atoms with Crippen molar-refractivity contribution in [2.75, 3.05) is 34.5 Å². The molecule has 2 N–H and O–H groups in total. The highest BCUT2D eigenvalue weighted by Gasteiger charge is 2.20. The van der Waals surface area contributed by atoms with Gasteiger partial charge in [-0.2, -0.15) is 0 Å². The number of nitrogens with one attached hydrogen (secondary N) is 1. The third kappa shape index (κ3) is 5.43. The van der Waals surface area contributed by atoms with Crippen LogP contribution < -0.4 is 20.3 Å². The first kappa shape index (κ1) is 21.6. The zero-order chi connectivity index (χ0) is 20.7. The summed E-state index contributed by atoms with van der Waals surface area (Å²) in [5.41, 5.74) is -0.824. The molecular formula is C19H27N3O6. The van der Waals surface area contributed by atoms with Gasteiger partial charge in [-0.05, 0) is 19.4 Å². The monoisotopic (exact) mass is 393 g/mol. The van der Waals surface area contributed by atoms with Crippen molar-refractivity contribution in [1.82, 2.24) is 14.9 Å². The third-order valence-corrected chi connectivity index (χ3v) is 4.25. The number of rotatable bonds is 10. The summed E-state index contributed by atoms with van der Waals surface area (Å²) < 4.78 is 16.8. The minimum Gasteiger partial charge on any atom is -0.493 e. The predicted molar refractivity (Wildman–Crippen MR) is 104 cm³/mol. The minimum atomic E-state index is -1.12. The van der Waals surface area contributed by atoms with Gasteiger partial charge < -0.3 is 24.6 Å². The summed E-state index contributed by atoms with van der Waals surface area (Å²) in [6.07, 6.45) is 2.13. The van der Waals surface area contributed by atoms with E-state index in [0.717, 1.165) is 0 Å². The van der Waals surface area contributed by atoms with Crippen molar-refractivity contribution in [1.29, 1.82) is 0 Å². The van der Waals surface area contributed by atoms with Gasteiger partial charge in [0, 0.05) is 32.7 Å². The van der Waals surface area contributed by atoms with Crippen LogP contribution in [0.4, 0.5) is 0 Å². The highest BCUT2D eigenvalue weighted by Crippen LogP contribution is 2.29. The summed E-state index contributed by atoms with van der Waals surface area (Å²) in [6.45, 7) is 2.15. The summed E-state index contributed by atoms with van der Waals surface area (Å²) in [5.74, 6) is 0.749. The molecule has 0 fully saturated rings. The van der Waals surface area contributed by atoms with Gasteiger partial charge >= 0.3 is 0 Å². The van der Waals surface area contributed by atoms with E-state index in [2.05, 4.69) is 10.3 Å². The lowest BCUT2D eigenvalue weighted by Crippen LogP contribution is -2.43. The number of methoxy groups -OCH3 is 3. The van der Waals surface area contributed by atoms with Crippen molar-refractivity contribution in [3.05, 3.63) is 28.8 Å². The maximum absolute atomic E-state index is 12.7. The van der Waals surface area contributed by atoms with Gasteiger partial charge in [-0.15, -0.1) is 0 Å². The van der Waals surface area contributed by atoms with Gasteiger partial charge in [-0.1, -0.05) is 0 Å². The van der Waals surface area contributed by atoms with Crippen LogP contribution in [-0.2, 0) is 16.1 Å². The first-order chi connectivity index (χ1) is 13.3. The van der Waals surface area contributed by atoms with E-state index in [1.54, 1.807) is 19.1 Å². The lowest BCUT2D eigenvalue weighted by molar-refractivity contribution is -0.122. The van der Waals surface area contributed by atoms with Gasteiger partial charge in [0.2, 0.25) is 5.91 Å². The smallest absolute Gasteiger partial charge is 0.261 e. The molecule has 154 valence electrons. The first-order valence-corrected chi connectivity index (χ1v) is 8.90. The number of hydrogen-bond acceptors (Lipinski definition) is 7. The Kier molecular flexibility index (Phi) is 7.36. The van der Waals surface area contributed by atoms with Crippen molar-refractivity contribution >= 4 is 16.8 Å². The van der Waals surface area contributed by atoms with Gasteiger partial charge in [0.05, 0.1) is 38.1 Å². The van der Waals surface area contributed by atoms with Crippen LogP contribution in [-0.4, -0.2) is 60.6 Å². The lowest BCUT2D eigenvalue weighted by atomic mass is 10.1. The maximum atomic E-state index is 12.7. The highest BCUT2D eigenvalue weighted by atomic mass is 16.5. The zero-order valence-corrected chi connectivity index (χ0v) is 16.7. The predicted octanol–water partition coefficient (Wildman–Crippen LogP) is 0.707. The number of hydrogen-bond donors (Lipinski definition) is 2. The number of carbonyl (C=O) groups is 1. The maximum Gasteiger partial charge on any atom is 0.261 e. The van der Waals surface area contributed by atoms with Crippen LogP contribution >= 0.6 is 0 Å². The molecule has 1 amide bonds. The fourth-order valence-corrected chi connectivity index (χ4v) is 2.79. The van der Waals surface area contributed by atoms with Crippen LogP contribution in [0.2, 0.25) is 0 Å². The summed E-state index contributed by atoms with van der Waals surface area (Å²) in [6, 6.07) is 3.25. The molecule has 1 atom stereocenters. The molecule has 0 aliphatic carbocycles. The second-order valence-corrected chi connectivity index (χ2v) is 6.78.